The first-order valence-electron chi connectivity index (χ1n) is 7.39. The summed E-state index contributed by atoms with van der Waals surface area (Å²) >= 11 is 5.12. The molecule has 25 heavy (non-hydrogen) atoms. The van der Waals surface area contributed by atoms with Crippen LogP contribution in [0.5, 0.6) is 0 Å². The van der Waals surface area contributed by atoms with E-state index in [1.165, 1.54) is 0 Å². The van der Waals surface area contributed by atoms with Crippen LogP contribution in [0.3, 0.4) is 0 Å². The summed E-state index contributed by atoms with van der Waals surface area (Å²) in [6, 6.07) is 11.7. The number of thiophene rings is 1. The minimum atomic E-state index is -0.299. The predicted octanol–water partition coefficient (Wildman–Crippen LogP) is 4.95. The molecule has 5 nitrogen and oxygen atoms in total. The average molecular weight is 408 g/mol. The molecule has 1 aromatic carbocycles. The zero-order valence-electron chi connectivity index (χ0n) is 12.7. The molecule has 0 radical (unpaired) electrons. The molecule has 0 saturated heterocycles. The van der Waals surface area contributed by atoms with Gasteiger partial charge in [-0.3, -0.25) is 5.10 Å². The van der Waals surface area contributed by atoms with Crippen molar-refractivity contribution >= 4 is 38.8 Å². The largest absolute Gasteiger partial charge is 0.349 e. The average Bonchev–Trinajstić information content (AvgIpc) is 3.31. The maximum atomic E-state index is 9.34. The maximum Gasteiger partial charge on any atom is 0.201 e. The van der Waals surface area contributed by atoms with Gasteiger partial charge >= 0.3 is 0 Å². The van der Waals surface area contributed by atoms with E-state index in [0.29, 0.717) is 15.7 Å². The SMILES string of the molecule is [C-]#[N+]C1=C(c2cccs2)Nc2[nH]ncc2C1c1cccc(C#N)c1Br. The first-order chi connectivity index (χ1) is 12.2. The molecule has 120 valence electrons. The van der Waals surface area contributed by atoms with E-state index < -0.39 is 0 Å². The van der Waals surface area contributed by atoms with Gasteiger partial charge in [0.05, 0.1) is 29.9 Å². The topological polar surface area (TPSA) is 68.9 Å². The fourth-order valence-corrected chi connectivity index (χ4v) is 4.31. The molecule has 7 heteroatoms. The fraction of sp³-hybridized carbons (Fsp3) is 0.0556. The van der Waals surface area contributed by atoms with E-state index in [1.54, 1.807) is 23.6 Å². The van der Waals surface area contributed by atoms with Gasteiger partial charge in [0.25, 0.3) is 0 Å². The normalized spacial score (nSPS) is 15.9. The van der Waals surface area contributed by atoms with Gasteiger partial charge in [-0.2, -0.15) is 10.4 Å². The molecule has 0 bridgehead atoms. The Bertz CT molecular complexity index is 1070. The predicted molar refractivity (Wildman–Crippen MR) is 101 cm³/mol. The number of anilines is 1. The Hall–Kier alpha value is -2.87. The summed E-state index contributed by atoms with van der Waals surface area (Å²) in [4.78, 5) is 4.84. The number of H-pyrrole nitrogens is 1. The summed E-state index contributed by atoms with van der Waals surface area (Å²) < 4.78 is 0.711. The number of aromatic amines is 1. The summed E-state index contributed by atoms with van der Waals surface area (Å²) in [5, 5.41) is 21.7. The van der Waals surface area contributed by atoms with Crippen molar-refractivity contribution in [2.75, 3.05) is 5.32 Å². The molecule has 0 spiro atoms. The highest BCUT2D eigenvalue weighted by Gasteiger charge is 2.34. The van der Waals surface area contributed by atoms with E-state index >= 15 is 0 Å². The van der Waals surface area contributed by atoms with Gasteiger partial charge in [-0.25, -0.2) is 4.85 Å². The number of allylic oxidation sites excluding steroid dienone is 1. The molecular weight excluding hydrogens is 398 g/mol. The number of rotatable bonds is 2. The second-order valence-electron chi connectivity index (χ2n) is 5.43. The number of hydrogen-bond acceptors (Lipinski definition) is 4. The monoisotopic (exact) mass is 407 g/mol. The van der Waals surface area contributed by atoms with E-state index in [2.05, 4.69) is 42.4 Å². The fourth-order valence-electron chi connectivity index (χ4n) is 3.00. The number of hydrogen-bond donors (Lipinski definition) is 2. The first kappa shape index (κ1) is 15.6. The van der Waals surface area contributed by atoms with Crippen molar-refractivity contribution in [2.45, 2.75) is 5.92 Å². The second kappa shape index (κ2) is 6.21. The Labute approximate surface area is 156 Å². The van der Waals surface area contributed by atoms with Crippen LogP contribution >= 0.6 is 27.3 Å². The van der Waals surface area contributed by atoms with Gasteiger partial charge in [-0.15, -0.1) is 11.3 Å². The van der Waals surface area contributed by atoms with Crippen molar-refractivity contribution in [1.29, 1.82) is 5.26 Å². The molecule has 4 rings (SSSR count). The van der Waals surface area contributed by atoms with Crippen LogP contribution in [0.25, 0.3) is 10.5 Å². The van der Waals surface area contributed by atoms with Crippen molar-refractivity contribution in [3.05, 3.63) is 85.1 Å². The molecule has 3 aromatic rings. The zero-order valence-corrected chi connectivity index (χ0v) is 15.1. The zero-order chi connectivity index (χ0) is 17.4. The van der Waals surface area contributed by atoms with Crippen LogP contribution in [-0.2, 0) is 0 Å². The number of benzene rings is 1. The molecule has 1 aliphatic heterocycles. The van der Waals surface area contributed by atoms with Crippen LogP contribution in [0.15, 0.2) is 52.1 Å². The number of aromatic nitrogens is 2. The van der Waals surface area contributed by atoms with E-state index in [0.717, 1.165) is 27.5 Å². The Morgan fingerprint density at radius 2 is 2.16 bits per heavy atom. The van der Waals surface area contributed by atoms with Gasteiger partial charge in [0.2, 0.25) is 5.70 Å². The summed E-state index contributed by atoms with van der Waals surface area (Å²) in [7, 11) is 0. The Morgan fingerprint density at radius 3 is 2.88 bits per heavy atom. The van der Waals surface area contributed by atoms with Gasteiger partial charge in [0.1, 0.15) is 11.9 Å². The molecular formula is C18H10BrN5S. The van der Waals surface area contributed by atoms with Crippen LogP contribution < -0.4 is 5.32 Å². The van der Waals surface area contributed by atoms with Crippen molar-refractivity contribution < 1.29 is 0 Å². The third kappa shape index (κ3) is 2.45. The van der Waals surface area contributed by atoms with E-state index in [1.807, 2.05) is 29.6 Å². The lowest BCUT2D eigenvalue weighted by Crippen LogP contribution is -2.16. The number of fused-ring (bicyclic) bond motifs is 1. The quantitative estimate of drug-likeness (QED) is 0.590. The molecule has 1 aliphatic rings. The third-order valence-corrected chi connectivity index (χ3v) is 5.88. The molecule has 0 saturated carbocycles. The molecule has 0 aliphatic carbocycles. The molecule has 1 atom stereocenters. The minimum Gasteiger partial charge on any atom is -0.349 e. The lowest BCUT2D eigenvalue weighted by Gasteiger charge is -2.26. The number of nitrogens with one attached hydrogen (secondary N) is 2. The van der Waals surface area contributed by atoms with Crippen LogP contribution in [-0.4, -0.2) is 10.2 Å². The highest BCUT2D eigenvalue weighted by Crippen LogP contribution is 2.46. The number of nitrogens with zero attached hydrogens (tertiary/aromatic N) is 3. The Morgan fingerprint density at radius 1 is 1.28 bits per heavy atom. The summed E-state index contributed by atoms with van der Waals surface area (Å²) in [5.41, 5.74) is 3.68. The smallest absolute Gasteiger partial charge is 0.201 e. The summed E-state index contributed by atoms with van der Waals surface area (Å²) in [6.07, 6.45) is 1.73. The molecule has 2 N–H and O–H groups in total. The minimum absolute atomic E-state index is 0.299. The third-order valence-electron chi connectivity index (χ3n) is 4.11. The van der Waals surface area contributed by atoms with Gasteiger partial charge in [-0.1, -0.05) is 18.2 Å². The van der Waals surface area contributed by atoms with E-state index in [9.17, 15) is 5.26 Å². The molecule has 2 aromatic heterocycles. The lowest BCUT2D eigenvalue weighted by atomic mass is 9.86. The molecule has 1 unspecified atom stereocenters. The molecule has 0 amide bonds. The Balaban J connectivity index is 2.00. The first-order valence-corrected chi connectivity index (χ1v) is 9.06. The maximum absolute atomic E-state index is 9.34. The van der Waals surface area contributed by atoms with Gasteiger partial charge in [-0.05, 0) is 39.0 Å². The van der Waals surface area contributed by atoms with E-state index in [-0.39, 0.29) is 5.92 Å². The van der Waals surface area contributed by atoms with Crippen LogP contribution in [0.2, 0.25) is 0 Å². The van der Waals surface area contributed by atoms with Gasteiger partial charge < -0.3 is 5.32 Å². The second-order valence-corrected chi connectivity index (χ2v) is 7.17. The Kier molecular flexibility index (Phi) is 3.89. The van der Waals surface area contributed by atoms with Crippen molar-refractivity contribution in [3.8, 4) is 6.07 Å². The summed E-state index contributed by atoms with van der Waals surface area (Å²) in [6.45, 7) is 7.79. The molecule has 3 heterocycles. The van der Waals surface area contributed by atoms with Crippen molar-refractivity contribution in [3.63, 3.8) is 0 Å². The van der Waals surface area contributed by atoms with E-state index in [4.69, 9.17) is 6.57 Å². The number of nitriles is 1. The van der Waals surface area contributed by atoms with Gasteiger partial charge in [0, 0.05) is 14.9 Å². The van der Waals surface area contributed by atoms with Crippen LogP contribution in [0.4, 0.5) is 5.82 Å². The van der Waals surface area contributed by atoms with Crippen LogP contribution in [0.1, 0.15) is 27.5 Å². The standard InChI is InChI=1S/C18H10BrN5S/c1-21-17-14(11-5-2-4-10(8-20)15(11)19)12-9-22-24-18(12)23-16(17)13-6-3-7-25-13/h2-7,9,14H,(H2,22,23,24). The lowest BCUT2D eigenvalue weighted by molar-refractivity contribution is 0.958. The summed E-state index contributed by atoms with van der Waals surface area (Å²) in [5.74, 6) is 0.474. The van der Waals surface area contributed by atoms with Crippen molar-refractivity contribution in [2.24, 2.45) is 0 Å². The highest BCUT2D eigenvalue weighted by molar-refractivity contribution is 9.10. The molecule has 0 fully saturated rings. The van der Waals surface area contributed by atoms with Gasteiger partial charge in [0.15, 0.2) is 0 Å². The van der Waals surface area contributed by atoms with Crippen LogP contribution in [0, 0.1) is 17.9 Å². The number of halogens is 1. The van der Waals surface area contributed by atoms with Crippen molar-refractivity contribution in [1.82, 2.24) is 10.2 Å². The highest BCUT2D eigenvalue weighted by atomic mass is 79.9.